The monoisotopic (exact) mass is 330 g/mol. The normalized spacial score (nSPS) is 11.6. The molecular weight excluding hydrogens is 304 g/mol. The van der Waals surface area contributed by atoms with Crippen LogP contribution in [0, 0.1) is 11.8 Å². The van der Waals surface area contributed by atoms with Gasteiger partial charge in [-0.05, 0) is 42.9 Å². The molecule has 0 bridgehead atoms. The summed E-state index contributed by atoms with van der Waals surface area (Å²) < 4.78 is 0. The van der Waals surface area contributed by atoms with Crippen molar-refractivity contribution in [2.45, 2.75) is 40.5 Å². The van der Waals surface area contributed by atoms with E-state index in [2.05, 4.69) is 48.7 Å². The number of amides is 2. The predicted molar refractivity (Wildman–Crippen MR) is 97.3 cm³/mol. The predicted octanol–water partition coefficient (Wildman–Crippen LogP) is 3.21. The first kappa shape index (κ1) is 19.5. The van der Waals surface area contributed by atoms with Gasteiger partial charge in [0.25, 0.3) is 11.8 Å². The molecule has 0 aliphatic heterocycles. The zero-order valence-corrected chi connectivity index (χ0v) is 14.7. The van der Waals surface area contributed by atoms with Crippen LogP contribution in [0.3, 0.4) is 0 Å². The van der Waals surface area contributed by atoms with Crippen molar-refractivity contribution < 1.29 is 9.59 Å². The molecule has 0 aromatic heterocycles. The van der Waals surface area contributed by atoms with Crippen LogP contribution in [0.5, 0.6) is 0 Å². The molecule has 130 valence electrons. The van der Waals surface area contributed by atoms with Crippen molar-refractivity contribution in [3.05, 3.63) is 35.4 Å². The fraction of sp³-hybridized carbons (Fsp3) is 0.444. The molecule has 0 saturated heterocycles. The highest BCUT2D eigenvalue weighted by Gasteiger charge is 2.09. The van der Waals surface area contributed by atoms with E-state index in [1.165, 1.54) is 6.07 Å². The highest BCUT2D eigenvalue weighted by atomic mass is 16.2. The molecule has 2 N–H and O–H groups in total. The summed E-state index contributed by atoms with van der Waals surface area (Å²) in [5, 5.41) is 7.78. The number of benzene rings is 1. The van der Waals surface area contributed by atoms with Crippen molar-refractivity contribution in [2.75, 3.05) is 0 Å². The van der Waals surface area contributed by atoms with Crippen molar-refractivity contribution in [2.24, 2.45) is 22.0 Å². The third kappa shape index (κ3) is 7.67. The number of nitrogens with one attached hydrogen (secondary N) is 2. The number of carbonyl (C=O) groups excluding carboxylic acids is 2. The van der Waals surface area contributed by atoms with Crippen LogP contribution in [-0.2, 0) is 0 Å². The molecule has 0 aliphatic carbocycles. The SMILES string of the molecule is CC(C)C/C=N\NC(=O)c1cccc(C(=O)N/N=C\CC(C)C)c1. The first-order valence-electron chi connectivity index (χ1n) is 8.14. The molecule has 0 unspecified atom stereocenters. The summed E-state index contributed by atoms with van der Waals surface area (Å²) in [4.78, 5) is 24.0. The summed E-state index contributed by atoms with van der Waals surface area (Å²) in [5.41, 5.74) is 5.65. The average Bonchev–Trinajstić information content (AvgIpc) is 2.55. The van der Waals surface area contributed by atoms with E-state index >= 15 is 0 Å². The number of nitrogens with zero attached hydrogens (tertiary/aromatic N) is 2. The van der Waals surface area contributed by atoms with Gasteiger partial charge in [0.05, 0.1) is 0 Å². The Hall–Kier alpha value is -2.50. The first-order valence-corrected chi connectivity index (χ1v) is 8.14. The van der Waals surface area contributed by atoms with E-state index < -0.39 is 0 Å². The minimum Gasteiger partial charge on any atom is -0.267 e. The van der Waals surface area contributed by atoms with Crippen molar-refractivity contribution in [1.82, 2.24) is 10.9 Å². The van der Waals surface area contributed by atoms with Crippen LogP contribution in [0.1, 0.15) is 61.3 Å². The maximum Gasteiger partial charge on any atom is 0.271 e. The highest BCUT2D eigenvalue weighted by Crippen LogP contribution is 2.06. The number of hydrogen-bond donors (Lipinski definition) is 2. The molecule has 0 atom stereocenters. The van der Waals surface area contributed by atoms with Gasteiger partial charge in [-0.3, -0.25) is 9.59 Å². The second-order valence-corrected chi connectivity index (χ2v) is 6.35. The third-order valence-electron chi connectivity index (χ3n) is 3.06. The molecule has 6 nitrogen and oxygen atoms in total. The number of rotatable bonds is 8. The lowest BCUT2D eigenvalue weighted by molar-refractivity contribution is 0.0954. The molecule has 2 amide bonds. The molecule has 1 aromatic carbocycles. The second-order valence-electron chi connectivity index (χ2n) is 6.35. The topological polar surface area (TPSA) is 82.9 Å². The van der Waals surface area contributed by atoms with Crippen LogP contribution in [0.2, 0.25) is 0 Å². The molecule has 0 spiro atoms. The molecule has 0 fully saturated rings. The maximum atomic E-state index is 12.0. The summed E-state index contributed by atoms with van der Waals surface area (Å²) in [5.74, 6) is 0.254. The van der Waals surface area contributed by atoms with Crippen LogP contribution in [-0.4, -0.2) is 24.2 Å². The highest BCUT2D eigenvalue weighted by molar-refractivity contribution is 5.99. The fourth-order valence-electron chi connectivity index (χ4n) is 1.67. The quantitative estimate of drug-likeness (QED) is 0.567. The van der Waals surface area contributed by atoms with Gasteiger partial charge >= 0.3 is 0 Å². The zero-order valence-electron chi connectivity index (χ0n) is 14.7. The van der Waals surface area contributed by atoms with Crippen molar-refractivity contribution in [1.29, 1.82) is 0 Å². The lowest BCUT2D eigenvalue weighted by Gasteiger charge is -2.04. The zero-order chi connectivity index (χ0) is 17.9. The maximum absolute atomic E-state index is 12.0. The lowest BCUT2D eigenvalue weighted by Crippen LogP contribution is -2.20. The number of carbonyl (C=O) groups is 2. The third-order valence-corrected chi connectivity index (χ3v) is 3.06. The minimum atomic E-state index is -0.354. The van der Waals surface area contributed by atoms with E-state index in [1.807, 2.05) is 0 Å². The van der Waals surface area contributed by atoms with Crippen LogP contribution in [0.25, 0.3) is 0 Å². The Morgan fingerprint density at radius 3 is 1.71 bits per heavy atom. The Kier molecular flexibility index (Phi) is 8.39. The van der Waals surface area contributed by atoms with Crippen molar-refractivity contribution >= 4 is 24.2 Å². The first-order chi connectivity index (χ1) is 11.4. The van der Waals surface area contributed by atoms with Crippen LogP contribution < -0.4 is 10.9 Å². The van der Waals surface area contributed by atoms with Gasteiger partial charge in [-0.25, -0.2) is 10.9 Å². The Balaban J connectivity index is 2.62. The van der Waals surface area contributed by atoms with Gasteiger partial charge in [0.1, 0.15) is 0 Å². The van der Waals surface area contributed by atoms with Crippen molar-refractivity contribution in [3.8, 4) is 0 Å². The van der Waals surface area contributed by atoms with Crippen molar-refractivity contribution in [3.63, 3.8) is 0 Å². The Labute approximate surface area is 143 Å². The molecule has 0 radical (unpaired) electrons. The van der Waals surface area contributed by atoms with Gasteiger partial charge in [0.15, 0.2) is 0 Å². The molecular formula is C18H26N4O2. The van der Waals surface area contributed by atoms with Gasteiger partial charge in [0, 0.05) is 23.6 Å². The van der Waals surface area contributed by atoms with E-state index in [4.69, 9.17) is 0 Å². The average molecular weight is 330 g/mol. The summed E-state index contributed by atoms with van der Waals surface area (Å²) in [6.45, 7) is 8.28. The molecule has 0 saturated carbocycles. The summed E-state index contributed by atoms with van der Waals surface area (Å²) in [6.07, 6.45) is 4.92. The summed E-state index contributed by atoms with van der Waals surface area (Å²) in [6, 6.07) is 6.43. The van der Waals surface area contributed by atoms with Gasteiger partial charge in [-0.2, -0.15) is 10.2 Å². The Morgan fingerprint density at radius 1 is 0.917 bits per heavy atom. The minimum absolute atomic E-state index is 0.354. The van der Waals surface area contributed by atoms with E-state index in [1.54, 1.807) is 30.6 Å². The number of hydrogen-bond acceptors (Lipinski definition) is 4. The summed E-state index contributed by atoms with van der Waals surface area (Å²) >= 11 is 0. The molecule has 0 aliphatic rings. The van der Waals surface area contributed by atoms with E-state index in [9.17, 15) is 9.59 Å². The molecule has 1 aromatic rings. The van der Waals surface area contributed by atoms with Crippen LogP contribution in [0.4, 0.5) is 0 Å². The standard InChI is InChI=1S/C18H26N4O2/c1-13(2)8-10-19-21-17(23)15-6-5-7-16(12-15)18(24)22-20-11-9-14(3)4/h5-7,10-14H,8-9H2,1-4H3,(H,21,23)(H,22,24)/b19-10-,20-11-. The Morgan fingerprint density at radius 2 is 1.33 bits per heavy atom. The van der Waals surface area contributed by atoms with E-state index in [-0.39, 0.29) is 11.8 Å². The van der Waals surface area contributed by atoms with E-state index in [0.717, 1.165) is 12.8 Å². The molecule has 0 heterocycles. The smallest absolute Gasteiger partial charge is 0.267 e. The van der Waals surface area contributed by atoms with Crippen LogP contribution in [0.15, 0.2) is 34.5 Å². The van der Waals surface area contributed by atoms with Gasteiger partial charge < -0.3 is 0 Å². The summed E-state index contributed by atoms with van der Waals surface area (Å²) in [7, 11) is 0. The molecule has 6 heteroatoms. The van der Waals surface area contributed by atoms with Crippen LogP contribution >= 0.6 is 0 Å². The molecule has 24 heavy (non-hydrogen) atoms. The van der Waals surface area contributed by atoms with E-state index in [0.29, 0.717) is 23.0 Å². The van der Waals surface area contributed by atoms with Gasteiger partial charge in [0.2, 0.25) is 0 Å². The fourth-order valence-corrected chi connectivity index (χ4v) is 1.67. The number of hydrazone groups is 2. The molecule has 1 rings (SSSR count). The Bertz CT molecular complexity index is 558. The van der Waals surface area contributed by atoms with Gasteiger partial charge in [-0.1, -0.05) is 33.8 Å². The largest absolute Gasteiger partial charge is 0.271 e. The lowest BCUT2D eigenvalue weighted by atomic mass is 10.1. The van der Waals surface area contributed by atoms with Gasteiger partial charge in [-0.15, -0.1) is 0 Å². The second kappa shape index (κ2) is 10.3.